The zero-order valence-electron chi connectivity index (χ0n) is 27.9. The summed E-state index contributed by atoms with van der Waals surface area (Å²) in [5.41, 5.74) is 6.38. The van der Waals surface area contributed by atoms with Gasteiger partial charge in [-0.25, -0.2) is 19.7 Å². The third-order valence-electron chi connectivity index (χ3n) is 8.12. The molecule has 2 rings (SSSR count). The molecule has 0 fully saturated rings. The zero-order chi connectivity index (χ0) is 33.5. The van der Waals surface area contributed by atoms with Gasteiger partial charge in [0.25, 0.3) is 0 Å². The van der Waals surface area contributed by atoms with E-state index in [1.54, 1.807) is 12.2 Å². The van der Waals surface area contributed by atoms with Gasteiger partial charge in [0.15, 0.2) is 9.84 Å². The van der Waals surface area contributed by atoms with Crippen molar-refractivity contribution < 1.29 is 22.8 Å². The number of nitrogens with zero attached hydrogens (tertiary/aromatic N) is 1. The van der Waals surface area contributed by atoms with E-state index in [1.807, 2.05) is 102 Å². The molecule has 0 aliphatic heterocycles. The number of benzene rings is 2. The molecule has 9 nitrogen and oxygen atoms in total. The van der Waals surface area contributed by atoms with Gasteiger partial charge >= 0.3 is 0 Å². The van der Waals surface area contributed by atoms with E-state index in [0.717, 1.165) is 24.2 Å². The molecule has 3 atom stereocenters. The highest BCUT2D eigenvalue weighted by Gasteiger charge is 2.55. The van der Waals surface area contributed by atoms with E-state index >= 15 is 0 Å². The molecule has 0 spiro atoms. The number of amides is 2. The number of rotatable bonds is 20. The fraction of sp³-hybridized carbons (Fsp3) is 0.543. The third kappa shape index (κ3) is 11.4. The molecule has 45 heavy (non-hydrogen) atoms. The maximum atomic E-state index is 14.9. The summed E-state index contributed by atoms with van der Waals surface area (Å²) in [7, 11) is -4.06. The number of sulfone groups is 1. The Morgan fingerprint density at radius 2 is 1.53 bits per heavy atom. The third-order valence-corrected chi connectivity index (χ3v) is 10.7. The van der Waals surface area contributed by atoms with Gasteiger partial charge in [-0.3, -0.25) is 19.9 Å². The highest BCUT2D eigenvalue weighted by atomic mass is 32.2. The first-order chi connectivity index (χ1) is 21.4. The van der Waals surface area contributed by atoms with Gasteiger partial charge in [0.05, 0.1) is 24.2 Å². The van der Waals surface area contributed by atoms with Crippen molar-refractivity contribution in [2.24, 2.45) is 29.5 Å². The first kappa shape index (κ1) is 38.1. The largest absolute Gasteiger partial charge is 0.304 e. The van der Waals surface area contributed by atoms with E-state index in [0.29, 0.717) is 13.0 Å². The van der Waals surface area contributed by atoms with Gasteiger partial charge in [-0.15, -0.1) is 0 Å². The number of carbonyl (C=O) groups excluding carboxylic acids is 2. The van der Waals surface area contributed by atoms with E-state index < -0.39 is 38.2 Å². The van der Waals surface area contributed by atoms with E-state index in [9.17, 15) is 18.0 Å². The minimum absolute atomic E-state index is 0.0342. The summed E-state index contributed by atoms with van der Waals surface area (Å²) < 4.78 is 28.0. The minimum atomic E-state index is -4.06. The fourth-order valence-corrected chi connectivity index (χ4v) is 8.36. The summed E-state index contributed by atoms with van der Waals surface area (Å²) >= 11 is 0. The molecule has 0 saturated heterocycles. The Hall–Kier alpha value is -3.05. The molecule has 0 bridgehead atoms. The molecule has 2 amide bonds. The average Bonchev–Trinajstić information content (AvgIpc) is 3.01. The van der Waals surface area contributed by atoms with E-state index in [2.05, 4.69) is 15.8 Å². The monoisotopic (exact) mass is 642 g/mol. The number of hydrogen-bond acceptors (Lipinski definition) is 7. The molecule has 0 aromatic heterocycles. The first-order valence-corrected chi connectivity index (χ1v) is 17.7. The van der Waals surface area contributed by atoms with Crippen LogP contribution in [0.3, 0.4) is 0 Å². The Labute approximate surface area is 270 Å². The zero-order valence-corrected chi connectivity index (χ0v) is 28.7. The van der Waals surface area contributed by atoms with Crippen molar-refractivity contribution in [1.29, 1.82) is 0 Å². The van der Waals surface area contributed by atoms with Crippen molar-refractivity contribution in [2.75, 3.05) is 25.4 Å². The molecule has 0 heterocycles. The predicted octanol–water partition coefficient (Wildman–Crippen LogP) is 5.15. The lowest BCUT2D eigenvalue weighted by molar-refractivity contribution is -0.146. The maximum Gasteiger partial charge on any atom is 0.249 e. The number of hydrogen-bond donors (Lipinski definition) is 3. The molecule has 2 aromatic carbocycles. The maximum absolute atomic E-state index is 14.9. The summed E-state index contributed by atoms with van der Waals surface area (Å²) in [6.45, 7) is 14.1. The first-order valence-electron chi connectivity index (χ1n) is 16.1. The molecule has 2 aromatic rings. The SMILES string of the molecule is CCN(CC)CCCS(=O)(=O)C(/C=C/c1ccccc1)(CC(C)C)[C@H](C(=O)NOCc1ccccc1)[C@@H](CC(C)C)C(=O)NN. The number of carbonyl (C=O) groups is 2. The Bertz CT molecular complexity index is 1300. The molecular formula is C35H54N4O5S. The molecule has 0 aliphatic carbocycles. The van der Waals surface area contributed by atoms with Crippen LogP contribution < -0.4 is 16.7 Å². The van der Waals surface area contributed by atoms with Crippen molar-refractivity contribution in [3.63, 3.8) is 0 Å². The van der Waals surface area contributed by atoms with Gasteiger partial charge in [0.1, 0.15) is 4.75 Å². The highest BCUT2D eigenvalue weighted by Crippen LogP contribution is 2.43. The molecule has 250 valence electrons. The summed E-state index contributed by atoms with van der Waals surface area (Å²) in [6.07, 6.45) is 4.15. The number of nitrogens with two attached hydrogens (primary N) is 1. The Morgan fingerprint density at radius 3 is 2.07 bits per heavy atom. The quantitative estimate of drug-likeness (QED) is 0.103. The lowest BCUT2D eigenvalue weighted by Gasteiger charge is -2.42. The van der Waals surface area contributed by atoms with Crippen molar-refractivity contribution in [3.05, 3.63) is 77.9 Å². The molecule has 0 aliphatic rings. The lowest BCUT2D eigenvalue weighted by atomic mass is 9.72. The van der Waals surface area contributed by atoms with Gasteiger partial charge < -0.3 is 4.90 Å². The number of nitrogens with one attached hydrogen (secondary N) is 2. The van der Waals surface area contributed by atoms with Gasteiger partial charge in [-0.1, -0.05) is 114 Å². The topological polar surface area (TPSA) is 131 Å². The summed E-state index contributed by atoms with van der Waals surface area (Å²) in [4.78, 5) is 35.7. The van der Waals surface area contributed by atoms with Crippen molar-refractivity contribution in [3.8, 4) is 0 Å². The average molecular weight is 643 g/mol. The second kappa shape index (κ2) is 18.8. The van der Waals surface area contributed by atoms with E-state index in [4.69, 9.17) is 10.7 Å². The summed E-state index contributed by atoms with van der Waals surface area (Å²) in [6, 6.07) is 18.7. The van der Waals surface area contributed by atoms with Gasteiger partial charge in [-0.2, -0.15) is 0 Å². The predicted molar refractivity (Wildman–Crippen MR) is 182 cm³/mol. The van der Waals surface area contributed by atoms with Crippen LogP contribution in [-0.4, -0.2) is 55.3 Å². The van der Waals surface area contributed by atoms with Crippen LogP contribution in [0.5, 0.6) is 0 Å². The van der Waals surface area contributed by atoms with Gasteiger partial charge in [0.2, 0.25) is 11.8 Å². The number of hydroxylamine groups is 1. The Morgan fingerprint density at radius 1 is 0.933 bits per heavy atom. The van der Waals surface area contributed by atoms with E-state index in [1.165, 1.54) is 0 Å². The normalized spacial score (nSPS) is 14.9. The lowest BCUT2D eigenvalue weighted by Crippen LogP contribution is -2.58. The summed E-state index contributed by atoms with van der Waals surface area (Å²) in [5.74, 6) is 1.72. The van der Waals surface area contributed by atoms with Crippen molar-refractivity contribution in [1.82, 2.24) is 15.8 Å². The molecule has 4 N–H and O–H groups in total. The molecule has 1 unspecified atom stereocenters. The van der Waals surface area contributed by atoms with Gasteiger partial charge in [0, 0.05) is 0 Å². The number of hydrazine groups is 1. The van der Waals surface area contributed by atoms with Crippen LogP contribution in [0.4, 0.5) is 0 Å². The van der Waals surface area contributed by atoms with Crippen molar-refractivity contribution >= 4 is 27.7 Å². The van der Waals surface area contributed by atoms with Crippen LogP contribution in [0, 0.1) is 23.7 Å². The second-order valence-corrected chi connectivity index (χ2v) is 14.9. The van der Waals surface area contributed by atoms with Gasteiger partial charge in [-0.05, 0) is 61.9 Å². The fourth-order valence-electron chi connectivity index (χ4n) is 5.95. The highest BCUT2D eigenvalue weighted by molar-refractivity contribution is 7.93. The van der Waals surface area contributed by atoms with Crippen LogP contribution in [-0.2, 0) is 30.9 Å². The second-order valence-electron chi connectivity index (χ2n) is 12.5. The molecule has 0 saturated carbocycles. The molecule has 10 heteroatoms. The van der Waals surface area contributed by atoms with E-state index in [-0.39, 0.29) is 37.0 Å². The minimum Gasteiger partial charge on any atom is -0.304 e. The standard InChI is InChI=1S/C35H54N4O5S/c1-7-39(8-2)22-15-23-45(42,43)35(25-28(5)6,21-20-29-16-11-9-12-17-29)32(31(24-27(3)4)33(40)37-36)34(41)38-44-26-30-18-13-10-14-19-30/h9-14,16-21,27-28,31-32H,7-8,15,22-26,36H2,1-6H3,(H,37,40)(H,38,41)/b21-20+/t31-,32+,35?/m1/s1. The smallest absolute Gasteiger partial charge is 0.249 e. The molecule has 0 radical (unpaired) electrons. The van der Waals surface area contributed by atoms with Crippen LogP contribution in [0.2, 0.25) is 0 Å². The van der Waals surface area contributed by atoms with Crippen LogP contribution in [0.15, 0.2) is 66.7 Å². The van der Waals surface area contributed by atoms with Crippen molar-refractivity contribution in [2.45, 2.75) is 72.2 Å². The Balaban J connectivity index is 2.77. The van der Waals surface area contributed by atoms with Crippen LogP contribution >= 0.6 is 0 Å². The Kier molecular flexibility index (Phi) is 15.9. The van der Waals surface area contributed by atoms with Crippen LogP contribution in [0.25, 0.3) is 6.08 Å². The molecular weight excluding hydrogens is 588 g/mol. The summed E-state index contributed by atoms with van der Waals surface area (Å²) in [5, 5.41) is 0. The van der Waals surface area contributed by atoms with Crippen LogP contribution in [0.1, 0.15) is 71.9 Å².